The van der Waals surface area contributed by atoms with Crippen LogP contribution in [-0.4, -0.2) is 41.8 Å². The zero-order valence-corrected chi connectivity index (χ0v) is 11.9. The van der Waals surface area contributed by atoms with Crippen molar-refractivity contribution in [1.82, 2.24) is 10.2 Å². The van der Waals surface area contributed by atoms with E-state index in [4.69, 9.17) is 0 Å². The summed E-state index contributed by atoms with van der Waals surface area (Å²) in [6, 6.07) is 0.175. The van der Waals surface area contributed by atoms with Gasteiger partial charge in [0.15, 0.2) is 0 Å². The zero-order chi connectivity index (χ0) is 13.5. The Morgan fingerprint density at radius 2 is 2.11 bits per heavy atom. The van der Waals surface area contributed by atoms with Crippen LogP contribution in [0, 0.1) is 0 Å². The van der Waals surface area contributed by atoms with Gasteiger partial charge in [-0.15, -0.1) is 0 Å². The standard InChI is InChI=1S/C14H26N2O2/c1-4-7-11(2)15-14(18)10-16-9-6-5-8-13(16)12(3)17/h11,13H,4-10H2,1-3H3,(H,15,18). The molecule has 2 atom stereocenters. The second-order valence-electron chi connectivity index (χ2n) is 5.35. The summed E-state index contributed by atoms with van der Waals surface area (Å²) in [5.74, 6) is 0.230. The number of ketones is 1. The molecule has 0 aliphatic carbocycles. The van der Waals surface area contributed by atoms with Gasteiger partial charge in [-0.25, -0.2) is 0 Å². The number of nitrogens with zero attached hydrogens (tertiary/aromatic N) is 1. The molecule has 0 aromatic rings. The molecule has 4 nitrogen and oxygen atoms in total. The van der Waals surface area contributed by atoms with E-state index in [2.05, 4.69) is 12.2 Å². The van der Waals surface area contributed by atoms with Crippen molar-refractivity contribution in [1.29, 1.82) is 0 Å². The fraction of sp³-hybridized carbons (Fsp3) is 0.857. The summed E-state index contributed by atoms with van der Waals surface area (Å²) in [7, 11) is 0. The van der Waals surface area contributed by atoms with Gasteiger partial charge in [-0.2, -0.15) is 0 Å². The minimum absolute atomic E-state index is 0.0455. The Hall–Kier alpha value is -0.900. The van der Waals surface area contributed by atoms with Crippen molar-refractivity contribution in [3.8, 4) is 0 Å². The summed E-state index contributed by atoms with van der Waals surface area (Å²) in [4.78, 5) is 25.5. The molecule has 1 fully saturated rings. The fourth-order valence-corrected chi connectivity index (χ4v) is 2.65. The van der Waals surface area contributed by atoms with Crippen LogP contribution in [-0.2, 0) is 9.59 Å². The van der Waals surface area contributed by atoms with Gasteiger partial charge in [-0.3, -0.25) is 14.5 Å². The molecule has 18 heavy (non-hydrogen) atoms. The maximum Gasteiger partial charge on any atom is 0.234 e. The molecule has 0 aromatic heterocycles. The van der Waals surface area contributed by atoms with Gasteiger partial charge in [-0.05, 0) is 39.7 Å². The number of hydrogen-bond donors (Lipinski definition) is 1. The topological polar surface area (TPSA) is 49.4 Å². The van der Waals surface area contributed by atoms with Crippen LogP contribution < -0.4 is 5.32 Å². The van der Waals surface area contributed by atoms with E-state index >= 15 is 0 Å². The van der Waals surface area contributed by atoms with Crippen LogP contribution in [0.5, 0.6) is 0 Å². The monoisotopic (exact) mass is 254 g/mol. The summed E-state index contributed by atoms with van der Waals surface area (Å²) in [6.45, 7) is 6.98. The second kappa shape index (κ2) is 7.52. The van der Waals surface area contributed by atoms with Crippen LogP contribution in [0.25, 0.3) is 0 Å². The molecule has 1 aliphatic heterocycles. The summed E-state index contributed by atoms with van der Waals surface area (Å²) < 4.78 is 0. The average Bonchev–Trinajstić information content (AvgIpc) is 2.29. The van der Waals surface area contributed by atoms with Crippen LogP contribution in [0.4, 0.5) is 0 Å². The van der Waals surface area contributed by atoms with Crippen LogP contribution in [0.15, 0.2) is 0 Å². The number of piperidine rings is 1. The van der Waals surface area contributed by atoms with E-state index in [0.29, 0.717) is 6.54 Å². The molecule has 1 aliphatic rings. The second-order valence-corrected chi connectivity index (χ2v) is 5.35. The maximum absolute atomic E-state index is 11.9. The van der Waals surface area contributed by atoms with Crippen molar-refractivity contribution in [2.24, 2.45) is 0 Å². The number of hydrogen-bond acceptors (Lipinski definition) is 3. The Labute approximate surface area is 110 Å². The third-order valence-electron chi connectivity index (χ3n) is 3.56. The SMILES string of the molecule is CCCC(C)NC(=O)CN1CCCCC1C(C)=O. The first kappa shape index (κ1) is 15.2. The van der Waals surface area contributed by atoms with E-state index in [-0.39, 0.29) is 23.8 Å². The third-order valence-corrected chi connectivity index (χ3v) is 3.56. The number of carbonyl (C=O) groups is 2. The highest BCUT2D eigenvalue weighted by Crippen LogP contribution is 2.17. The lowest BCUT2D eigenvalue weighted by molar-refractivity contribution is -0.127. The first-order chi connectivity index (χ1) is 8.54. The highest BCUT2D eigenvalue weighted by molar-refractivity contribution is 5.83. The number of rotatable bonds is 6. The summed E-state index contributed by atoms with van der Waals surface area (Å²) in [5, 5.41) is 3.00. The largest absolute Gasteiger partial charge is 0.353 e. The number of amides is 1. The molecule has 0 saturated carbocycles. The number of likely N-dealkylation sites (tertiary alicyclic amines) is 1. The molecule has 1 heterocycles. The van der Waals surface area contributed by atoms with Crippen molar-refractivity contribution in [3.05, 3.63) is 0 Å². The molecule has 104 valence electrons. The molecule has 0 spiro atoms. The molecule has 4 heteroatoms. The quantitative estimate of drug-likeness (QED) is 0.785. The van der Waals surface area contributed by atoms with Gasteiger partial charge >= 0.3 is 0 Å². The lowest BCUT2D eigenvalue weighted by Crippen LogP contribution is -2.49. The van der Waals surface area contributed by atoms with Crippen molar-refractivity contribution in [2.45, 2.75) is 65.0 Å². The third kappa shape index (κ3) is 4.77. The smallest absolute Gasteiger partial charge is 0.234 e. The summed E-state index contributed by atoms with van der Waals surface area (Å²) >= 11 is 0. The molecular formula is C14H26N2O2. The van der Waals surface area contributed by atoms with E-state index in [1.54, 1.807) is 6.92 Å². The Bertz CT molecular complexity index is 292. The fourth-order valence-electron chi connectivity index (χ4n) is 2.65. The summed E-state index contributed by atoms with van der Waals surface area (Å²) in [6.07, 6.45) is 5.15. The molecule has 1 rings (SSSR count). The van der Waals surface area contributed by atoms with Crippen LogP contribution in [0.1, 0.15) is 52.9 Å². The van der Waals surface area contributed by atoms with E-state index in [1.165, 1.54) is 0 Å². The average molecular weight is 254 g/mol. The van der Waals surface area contributed by atoms with Crippen molar-refractivity contribution < 1.29 is 9.59 Å². The normalized spacial score (nSPS) is 22.5. The van der Waals surface area contributed by atoms with Gasteiger partial charge in [0.05, 0.1) is 12.6 Å². The predicted molar refractivity (Wildman–Crippen MR) is 72.4 cm³/mol. The maximum atomic E-state index is 11.9. The van der Waals surface area contributed by atoms with Gasteiger partial charge in [0.2, 0.25) is 5.91 Å². The van der Waals surface area contributed by atoms with E-state index < -0.39 is 0 Å². The van der Waals surface area contributed by atoms with E-state index in [9.17, 15) is 9.59 Å². The lowest BCUT2D eigenvalue weighted by atomic mass is 9.99. The highest BCUT2D eigenvalue weighted by Gasteiger charge is 2.27. The summed E-state index contributed by atoms with van der Waals surface area (Å²) in [5.41, 5.74) is 0. The number of Topliss-reactive ketones (excluding diaryl/α,β-unsaturated/α-hetero) is 1. The van der Waals surface area contributed by atoms with Crippen molar-refractivity contribution in [2.75, 3.05) is 13.1 Å². The van der Waals surface area contributed by atoms with Crippen molar-refractivity contribution in [3.63, 3.8) is 0 Å². The van der Waals surface area contributed by atoms with E-state index in [1.807, 2.05) is 11.8 Å². The minimum Gasteiger partial charge on any atom is -0.353 e. The molecule has 1 amide bonds. The lowest BCUT2D eigenvalue weighted by Gasteiger charge is -2.33. The Balaban J connectivity index is 2.43. The van der Waals surface area contributed by atoms with Gasteiger partial charge in [0.25, 0.3) is 0 Å². The molecule has 1 N–H and O–H groups in total. The predicted octanol–water partition coefficient (Wildman–Crippen LogP) is 1.73. The number of nitrogens with one attached hydrogen (secondary N) is 1. The first-order valence-corrected chi connectivity index (χ1v) is 7.08. The number of carbonyl (C=O) groups excluding carboxylic acids is 2. The molecule has 0 aromatic carbocycles. The van der Waals surface area contributed by atoms with Gasteiger partial charge in [0, 0.05) is 6.04 Å². The van der Waals surface area contributed by atoms with E-state index in [0.717, 1.165) is 38.6 Å². The van der Waals surface area contributed by atoms with Crippen molar-refractivity contribution >= 4 is 11.7 Å². The highest BCUT2D eigenvalue weighted by atomic mass is 16.2. The molecule has 2 unspecified atom stereocenters. The van der Waals surface area contributed by atoms with Gasteiger partial charge in [-0.1, -0.05) is 19.8 Å². The van der Waals surface area contributed by atoms with Crippen LogP contribution >= 0.6 is 0 Å². The Morgan fingerprint density at radius 1 is 1.39 bits per heavy atom. The molecular weight excluding hydrogens is 228 g/mol. The van der Waals surface area contributed by atoms with Gasteiger partial charge in [0.1, 0.15) is 5.78 Å². The zero-order valence-electron chi connectivity index (χ0n) is 11.9. The van der Waals surface area contributed by atoms with Crippen LogP contribution in [0.2, 0.25) is 0 Å². The Morgan fingerprint density at radius 3 is 2.72 bits per heavy atom. The first-order valence-electron chi connectivity index (χ1n) is 7.08. The van der Waals surface area contributed by atoms with Gasteiger partial charge < -0.3 is 5.32 Å². The molecule has 0 radical (unpaired) electrons. The molecule has 1 saturated heterocycles. The molecule has 0 bridgehead atoms. The minimum atomic E-state index is -0.0500. The Kier molecular flexibility index (Phi) is 6.33. The van der Waals surface area contributed by atoms with Crippen LogP contribution in [0.3, 0.4) is 0 Å².